The van der Waals surface area contributed by atoms with Gasteiger partial charge in [-0.05, 0) is 18.1 Å². The van der Waals surface area contributed by atoms with Crippen LogP contribution in [-0.4, -0.2) is 17.3 Å². The Bertz CT molecular complexity index is 492. The normalized spacial score (nSPS) is 16.9. The number of carbonyl (C=O) groups is 3. The van der Waals surface area contributed by atoms with Gasteiger partial charge in [-0.3, -0.25) is 14.4 Å². The summed E-state index contributed by atoms with van der Waals surface area (Å²) in [7, 11) is 0. The predicted molar refractivity (Wildman–Crippen MR) is 70.2 cm³/mol. The summed E-state index contributed by atoms with van der Waals surface area (Å²) in [4.78, 5) is 35.4. The van der Waals surface area contributed by atoms with Crippen molar-refractivity contribution in [3.8, 4) is 0 Å². The van der Waals surface area contributed by atoms with Crippen LogP contribution in [0.4, 0.5) is 0 Å². The van der Waals surface area contributed by atoms with Gasteiger partial charge in [0, 0.05) is 23.7 Å². The number of hydrogen-bond donors (Lipinski definition) is 0. The highest BCUT2D eigenvalue weighted by Crippen LogP contribution is 2.22. The minimum atomic E-state index is -1.02. The summed E-state index contributed by atoms with van der Waals surface area (Å²) in [6.07, 6.45) is 1.40. The molecule has 0 aromatic heterocycles. The van der Waals surface area contributed by atoms with Crippen molar-refractivity contribution < 1.29 is 14.4 Å². The number of benzene rings is 1. The maximum Gasteiger partial charge on any atom is 0.155 e. The van der Waals surface area contributed by atoms with Crippen LogP contribution in [-0.2, 0) is 20.8 Å². The van der Waals surface area contributed by atoms with Gasteiger partial charge in [0.1, 0.15) is 5.92 Å². The molecule has 0 amide bonds. The Labute approximate surface area is 114 Å². The van der Waals surface area contributed by atoms with Gasteiger partial charge < -0.3 is 0 Å². The lowest BCUT2D eigenvalue weighted by Gasteiger charge is -2.18. The molecule has 0 unspecified atom stereocenters. The Morgan fingerprint density at radius 1 is 1.17 bits per heavy atom. The molecule has 0 radical (unpaired) electrons. The van der Waals surface area contributed by atoms with Crippen molar-refractivity contribution >= 4 is 33.3 Å². The molecule has 1 saturated carbocycles. The summed E-state index contributed by atoms with van der Waals surface area (Å²) in [6.45, 7) is 0. The van der Waals surface area contributed by atoms with Crippen molar-refractivity contribution in [3.05, 3.63) is 34.3 Å². The highest BCUT2D eigenvalue weighted by Gasteiger charge is 2.35. The van der Waals surface area contributed by atoms with Crippen molar-refractivity contribution in [1.29, 1.82) is 0 Å². The van der Waals surface area contributed by atoms with E-state index in [2.05, 4.69) is 15.9 Å². The second kappa shape index (κ2) is 5.57. The van der Waals surface area contributed by atoms with E-state index in [-0.39, 0.29) is 23.8 Å². The van der Waals surface area contributed by atoms with E-state index >= 15 is 0 Å². The first kappa shape index (κ1) is 13.1. The van der Waals surface area contributed by atoms with Gasteiger partial charge in [0.25, 0.3) is 0 Å². The molecule has 0 saturated heterocycles. The van der Waals surface area contributed by atoms with Gasteiger partial charge in [-0.25, -0.2) is 0 Å². The third kappa shape index (κ3) is 2.75. The molecule has 4 heteroatoms. The highest BCUT2D eigenvalue weighted by molar-refractivity contribution is 9.10. The zero-order valence-corrected chi connectivity index (χ0v) is 11.4. The second-order valence-electron chi connectivity index (χ2n) is 4.45. The Hall–Kier alpha value is -1.29. The molecule has 1 aliphatic carbocycles. The lowest BCUT2D eigenvalue weighted by Crippen LogP contribution is -2.36. The summed E-state index contributed by atoms with van der Waals surface area (Å²) >= 11 is 3.36. The monoisotopic (exact) mass is 308 g/mol. The number of Topliss-reactive ketones (excluding diaryl/α,β-unsaturated/α-hetero) is 3. The van der Waals surface area contributed by atoms with E-state index in [4.69, 9.17) is 0 Å². The van der Waals surface area contributed by atoms with Gasteiger partial charge in [0.15, 0.2) is 17.3 Å². The quantitative estimate of drug-likeness (QED) is 0.806. The average Bonchev–Trinajstić information content (AvgIpc) is 2.32. The number of halogens is 1. The van der Waals surface area contributed by atoms with Crippen LogP contribution >= 0.6 is 15.9 Å². The molecule has 1 aromatic carbocycles. The van der Waals surface area contributed by atoms with Crippen LogP contribution in [0.25, 0.3) is 0 Å². The molecule has 0 spiro atoms. The minimum Gasteiger partial charge on any atom is -0.298 e. The first-order valence-corrected chi connectivity index (χ1v) is 6.70. The smallest absolute Gasteiger partial charge is 0.155 e. The first-order chi connectivity index (χ1) is 8.59. The van der Waals surface area contributed by atoms with Gasteiger partial charge >= 0.3 is 0 Å². The minimum absolute atomic E-state index is 0.129. The Morgan fingerprint density at radius 3 is 2.39 bits per heavy atom. The molecule has 0 aliphatic heterocycles. The van der Waals surface area contributed by atoms with Gasteiger partial charge in [-0.15, -0.1) is 0 Å². The summed E-state index contributed by atoms with van der Waals surface area (Å²) in [5.74, 6) is -1.74. The molecular formula is C14H13BrO3. The van der Waals surface area contributed by atoms with E-state index in [1.807, 2.05) is 24.3 Å². The molecule has 2 rings (SSSR count). The molecular weight excluding hydrogens is 296 g/mol. The molecule has 0 N–H and O–H groups in total. The SMILES string of the molecule is O=C1CCCC(=O)C1C(=O)Cc1ccccc1Br. The van der Waals surface area contributed by atoms with Crippen molar-refractivity contribution in [2.75, 3.05) is 0 Å². The van der Waals surface area contributed by atoms with Crippen molar-refractivity contribution in [2.45, 2.75) is 25.7 Å². The van der Waals surface area contributed by atoms with E-state index in [0.29, 0.717) is 19.3 Å². The largest absolute Gasteiger partial charge is 0.298 e. The van der Waals surface area contributed by atoms with Crippen molar-refractivity contribution in [2.24, 2.45) is 5.92 Å². The van der Waals surface area contributed by atoms with Crippen LogP contribution in [0, 0.1) is 5.92 Å². The van der Waals surface area contributed by atoms with E-state index in [9.17, 15) is 14.4 Å². The van der Waals surface area contributed by atoms with E-state index in [1.165, 1.54) is 0 Å². The summed E-state index contributed by atoms with van der Waals surface area (Å²) in [6, 6.07) is 7.35. The average molecular weight is 309 g/mol. The maximum atomic E-state index is 12.1. The third-order valence-electron chi connectivity index (χ3n) is 3.13. The van der Waals surface area contributed by atoms with Crippen molar-refractivity contribution in [1.82, 2.24) is 0 Å². The molecule has 94 valence electrons. The zero-order chi connectivity index (χ0) is 13.1. The fourth-order valence-corrected chi connectivity index (χ4v) is 2.62. The molecule has 0 bridgehead atoms. The van der Waals surface area contributed by atoms with E-state index < -0.39 is 5.92 Å². The summed E-state index contributed by atoms with van der Waals surface area (Å²) in [5, 5.41) is 0. The Balaban J connectivity index is 2.14. The number of carbonyl (C=O) groups excluding carboxylic acids is 3. The predicted octanol–water partition coefficient (Wildman–Crippen LogP) is 2.50. The number of ketones is 3. The fourth-order valence-electron chi connectivity index (χ4n) is 2.20. The lowest BCUT2D eigenvalue weighted by atomic mass is 9.82. The Morgan fingerprint density at radius 2 is 1.78 bits per heavy atom. The molecule has 1 fully saturated rings. The van der Waals surface area contributed by atoms with Crippen LogP contribution < -0.4 is 0 Å². The summed E-state index contributed by atoms with van der Waals surface area (Å²) in [5.41, 5.74) is 0.814. The van der Waals surface area contributed by atoms with E-state index in [0.717, 1.165) is 10.0 Å². The fraction of sp³-hybridized carbons (Fsp3) is 0.357. The Kier molecular flexibility index (Phi) is 4.07. The zero-order valence-electron chi connectivity index (χ0n) is 9.82. The molecule has 1 aliphatic rings. The van der Waals surface area contributed by atoms with Gasteiger partial charge in [0.2, 0.25) is 0 Å². The molecule has 18 heavy (non-hydrogen) atoms. The van der Waals surface area contributed by atoms with Crippen LogP contribution in [0.3, 0.4) is 0 Å². The molecule has 1 aromatic rings. The number of rotatable bonds is 3. The second-order valence-corrected chi connectivity index (χ2v) is 5.31. The van der Waals surface area contributed by atoms with Crippen LogP contribution in [0.1, 0.15) is 24.8 Å². The van der Waals surface area contributed by atoms with Gasteiger partial charge in [-0.1, -0.05) is 34.1 Å². The number of hydrogen-bond acceptors (Lipinski definition) is 3. The first-order valence-electron chi connectivity index (χ1n) is 5.91. The molecule has 0 atom stereocenters. The van der Waals surface area contributed by atoms with Gasteiger partial charge in [-0.2, -0.15) is 0 Å². The van der Waals surface area contributed by atoms with Crippen LogP contribution in [0.15, 0.2) is 28.7 Å². The van der Waals surface area contributed by atoms with Crippen LogP contribution in [0.2, 0.25) is 0 Å². The van der Waals surface area contributed by atoms with Gasteiger partial charge in [0.05, 0.1) is 0 Å². The highest BCUT2D eigenvalue weighted by atomic mass is 79.9. The standard InChI is InChI=1S/C14H13BrO3/c15-10-5-2-1-4-9(10)8-13(18)14-11(16)6-3-7-12(14)17/h1-2,4-5,14H,3,6-8H2. The lowest BCUT2D eigenvalue weighted by molar-refractivity contribution is -0.141. The van der Waals surface area contributed by atoms with Crippen molar-refractivity contribution in [3.63, 3.8) is 0 Å². The topological polar surface area (TPSA) is 51.2 Å². The van der Waals surface area contributed by atoms with Crippen LogP contribution in [0.5, 0.6) is 0 Å². The molecule has 0 heterocycles. The van der Waals surface area contributed by atoms with E-state index in [1.54, 1.807) is 0 Å². The summed E-state index contributed by atoms with van der Waals surface area (Å²) < 4.78 is 0.828. The maximum absolute atomic E-state index is 12.1. The third-order valence-corrected chi connectivity index (χ3v) is 3.91. The molecule has 3 nitrogen and oxygen atoms in total.